The van der Waals surface area contributed by atoms with E-state index in [1.807, 2.05) is 30.7 Å². The van der Waals surface area contributed by atoms with E-state index in [-0.39, 0.29) is 12.1 Å². The van der Waals surface area contributed by atoms with Crippen LogP contribution in [-0.2, 0) is 6.54 Å². The first-order chi connectivity index (χ1) is 19.8. The quantitative estimate of drug-likeness (QED) is 0.241. The molecule has 41 heavy (non-hydrogen) atoms. The maximum absolute atomic E-state index is 7.03. The first-order valence-electron chi connectivity index (χ1n) is 14.4. The lowest BCUT2D eigenvalue weighted by Gasteiger charge is -2.37. The molecule has 2 aliphatic rings. The summed E-state index contributed by atoms with van der Waals surface area (Å²) in [6.07, 6.45) is 6.80. The molecule has 0 unspecified atom stereocenters. The summed E-state index contributed by atoms with van der Waals surface area (Å²) in [5, 5.41) is 5.04. The first kappa shape index (κ1) is 27.7. The Morgan fingerprint density at radius 3 is 2.41 bits per heavy atom. The van der Waals surface area contributed by atoms with Crippen LogP contribution in [0, 0.1) is 25.7 Å². The van der Waals surface area contributed by atoms with E-state index in [1.54, 1.807) is 0 Å². The van der Waals surface area contributed by atoms with Gasteiger partial charge in [-0.2, -0.15) is 0 Å². The van der Waals surface area contributed by atoms with Gasteiger partial charge in [0.2, 0.25) is 0 Å². The number of piperidine rings is 1. The Bertz CT molecular complexity index is 1530. The highest BCUT2D eigenvalue weighted by Crippen LogP contribution is 2.45. The van der Waals surface area contributed by atoms with E-state index < -0.39 is 0 Å². The van der Waals surface area contributed by atoms with Crippen LogP contribution in [0.3, 0.4) is 0 Å². The Hall–Kier alpha value is -3.42. The molecule has 3 aromatic heterocycles. The summed E-state index contributed by atoms with van der Waals surface area (Å²) >= 11 is 13.0. The maximum Gasteiger partial charge on any atom is 0.174 e. The van der Waals surface area contributed by atoms with Gasteiger partial charge in [-0.25, -0.2) is 0 Å². The molecular weight excluding hydrogens is 548 g/mol. The SMILES string of the molecule is Cc1cc([C@@H]2[C@H](c3ccccn3)NC(=S)N2c2ccc(N3C[C@H](C)C[C@H](C)C3)c(Cl)c2)c(C)n1Cc1ccncc1. The van der Waals surface area contributed by atoms with Gasteiger partial charge in [0, 0.05) is 55.3 Å². The van der Waals surface area contributed by atoms with Gasteiger partial charge in [0.1, 0.15) is 0 Å². The Morgan fingerprint density at radius 1 is 0.976 bits per heavy atom. The van der Waals surface area contributed by atoms with Crippen molar-refractivity contribution in [2.75, 3.05) is 22.9 Å². The number of nitrogens with one attached hydrogen (secondary N) is 1. The molecule has 8 heteroatoms. The van der Waals surface area contributed by atoms with Gasteiger partial charge in [-0.1, -0.05) is 31.5 Å². The molecule has 0 bridgehead atoms. The maximum atomic E-state index is 7.03. The summed E-state index contributed by atoms with van der Waals surface area (Å²) in [6.45, 7) is 11.9. The molecule has 2 fully saturated rings. The molecule has 0 spiro atoms. The van der Waals surface area contributed by atoms with Crippen molar-refractivity contribution in [3.8, 4) is 0 Å². The lowest BCUT2D eigenvalue weighted by molar-refractivity contribution is 0.357. The highest BCUT2D eigenvalue weighted by molar-refractivity contribution is 7.80. The number of hydrogen-bond acceptors (Lipinski definition) is 4. The molecule has 6 nitrogen and oxygen atoms in total. The first-order valence-corrected chi connectivity index (χ1v) is 15.2. The molecule has 2 aliphatic heterocycles. The average molecular weight is 585 g/mol. The fourth-order valence-electron chi connectivity index (χ4n) is 6.75. The molecular formula is C33H37ClN6S. The molecule has 2 saturated heterocycles. The summed E-state index contributed by atoms with van der Waals surface area (Å²) in [4.78, 5) is 13.6. The molecule has 1 aromatic carbocycles. The largest absolute Gasteiger partial charge is 0.370 e. The van der Waals surface area contributed by atoms with E-state index in [1.165, 1.54) is 28.9 Å². The molecule has 1 N–H and O–H groups in total. The van der Waals surface area contributed by atoms with Gasteiger partial charge in [0.25, 0.3) is 0 Å². The van der Waals surface area contributed by atoms with E-state index in [0.717, 1.165) is 41.7 Å². The summed E-state index contributed by atoms with van der Waals surface area (Å²) in [5.74, 6) is 1.30. The van der Waals surface area contributed by atoms with Crippen LogP contribution in [0.4, 0.5) is 11.4 Å². The third-order valence-electron chi connectivity index (χ3n) is 8.54. The van der Waals surface area contributed by atoms with Crippen molar-refractivity contribution in [2.24, 2.45) is 11.8 Å². The van der Waals surface area contributed by atoms with E-state index in [2.05, 4.69) is 94.8 Å². The molecule has 4 atom stereocenters. The molecule has 0 radical (unpaired) electrons. The number of rotatable bonds is 6. The van der Waals surface area contributed by atoms with Crippen LogP contribution in [0.2, 0.25) is 5.02 Å². The minimum atomic E-state index is -0.110. The Morgan fingerprint density at radius 2 is 1.73 bits per heavy atom. The van der Waals surface area contributed by atoms with Gasteiger partial charge in [-0.15, -0.1) is 0 Å². The van der Waals surface area contributed by atoms with Crippen LogP contribution >= 0.6 is 23.8 Å². The van der Waals surface area contributed by atoms with Crippen LogP contribution in [-0.4, -0.2) is 32.7 Å². The highest BCUT2D eigenvalue weighted by Gasteiger charge is 2.42. The predicted octanol–water partition coefficient (Wildman–Crippen LogP) is 7.26. The number of thiocarbonyl (C=S) groups is 1. The van der Waals surface area contributed by atoms with Gasteiger partial charge < -0.3 is 19.7 Å². The zero-order valence-electron chi connectivity index (χ0n) is 24.1. The molecule has 0 amide bonds. The fraction of sp³-hybridized carbons (Fsp3) is 0.364. The third-order valence-corrected chi connectivity index (χ3v) is 9.16. The number of aromatic nitrogens is 3. The molecule has 6 rings (SSSR count). The van der Waals surface area contributed by atoms with Crippen LogP contribution in [0.1, 0.15) is 60.6 Å². The van der Waals surface area contributed by atoms with Crippen molar-refractivity contribution in [2.45, 2.75) is 52.7 Å². The van der Waals surface area contributed by atoms with Gasteiger partial charge in [0.05, 0.1) is 28.5 Å². The number of nitrogens with zero attached hydrogens (tertiary/aromatic N) is 5. The molecule has 5 heterocycles. The second kappa shape index (κ2) is 11.5. The molecule has 0 aliphatic carbocycles. The van der Waals surface area contributed by atoms with Crippen molar-refractivity contribution >= 4 is 40.3 Å². The smallest absolute Gasteiger partial charge is 0.174 e. The second-order valence-electron chi connectivity index (χ2n) is 11.8. The number of hydrogen-bond donors (Lipinski definition) is 1. The molecule has 4 aromatic rings. The summed E-state index contributed by atoms with van der Waals surface area (Å²) in [5.41, 5.74) is 7.89. The molecule has 0 saturated carbocycles. The Balaban J connectivity index is 1.40. The van der Waals surface area contributed by atoms with Crippen molar-refractivity contribution in [1.82, 2.24) is 19.9 Å². The summed E-state index contributed by atoms with van der Waals surface area (Å²) in [6, 6.07) is 18.7. The lowest BCUT2D eigenvalue weighted by Crippen LogP contribution is -2.38. The standard InChI is InChI=1S/C33H37ClN6S/c1-21-15-22(2)19-38(18-21)30-9-8-26(17-28(30)34)40-32(31(37-33(40)41)29-7-5-6-12-36-29)27-16-23(3)39(24(27)4)20-25-10-13-35-14-11-25/h5-14,16-17,21-22,31-32H,15,18-20H2,1-4H3,(H,37,41)/t21-,22+,31-,32+/m0/s1. The summed E-state index contributed by atoms with van der Waals surface area (Å²) in [7, 11) is 0. The van der Waals surface area contributed by atoms with Gasteiger partial charge >= 0.3 is 0 Å². The predicted molar refractivity (Wildman–Crippen MR) is 172 cm³/mol. The fourth-order valence-corrected chi connectivity index (χ4v) is 7.39. The minimum absolute atomic E-state index is 0.0910. The number of benzene rings is 1. The lowest BCUT2D eigenvalue weighted by atomic mass is 9.91. The third kappa shape index (κ3) is 5.45. The molecule has 212 valence electrons. The zero-order valence-corrected chi connectivity index (χ0v) is 25.7. The van der Waals surface area contributed by atoms with Crippen molar-refractivity contribution in [3.63, 3.8) is 0 Å². The van der Waals surface area contributed by atoms with Gasteiger partial charge in [-0.05, 0) is 104 Å². The monoisotopic (exact) mass is 584 g/mol. The minimum Gasteiger partial charge on any atom is -0.370 e. The Kier molecular flexibility index (Phi) is 7.75. The number of aryl methyl sites for hydroxylation is 1. The highest BCUT2D eigenvalue weighted by atomic mass is 35.5. The summed E-state index contributed by atoms with van der Waals surface area (Å²) < 4.78 is 2.37. The van der Waals surface area contributed by atoms with Crippen molar-refractivity contribution < 1.29 is 0 Å². The van der Waals surface area contributed by atoms with Crippen molar-refractivity contribution in [1.29, 1.82) is 0 Å². The van der Waals surface area contributed by atoms with Gasteiger partial charge in [-0.3, -0.25) is 9.97 Å². The number of anilines is 2. The van der Waals surface area contributed by atoms with E-state index in [9.17, 15) is 0 Å². The topological polar surface area (TPSA) is 49.2 Å². The Labute approximate surface area is 253 Å². The second-order valence-corrected chi connectivity index (χ2v) is 12.5. The zero-order chi connectivity index (χ0) is 28.7. The van der Waals surface area contributed by atoms with Crippen LogP contribution < -0.4 is 15.1 Å². The van der Waals surface area contributed by atoms with Crippen molar-refractivity contribution in [3.05, 3.63) is 106 Å². The van der Waals surface area contributed by atoms with Crippen LogP contribution in [0.25, 0.3) is 0 Å². The van der Waals surface area contributed by atoms with Crippen LogP contribution in [0.5, 0.6) is 0 Å². The van der Waals surface area contributed by atoms with E-state index in [0.29, 0.717) is 16.9 Å². The van der Waals surface area contributed by atoms with E-state index >= 15 is 0 Å². The number of halogens is 1. The average Bonchev–Trinajstić information content (AvgIpc) is 3.44. The van der Waals surface area contributed by atoms with E-state index in [4.69, 9.17) is 28.8 Å². The normalized spacial score (nSPS) is 22.7. The van der Waals surface area contributed by atoms with Gasteiger partial charge in [0.15, 0.2) is 5.11 Å². The van der Waals surface area contributed by atoms with Crippen LogP contribution in [0.15, 0.2) is 73.2 Å². The number of pyridine rings is 2.